The van der Waals surface area contributed by atoms with Crippen LogP contribution in [0.4, 0.5) is 4.79 Å². The molecule has 4 amide bonds. The molecule has 5 N–H and O–H groups in total. The van der Waals surface area contributed by atoms with E-state index in [9.17, 15) is 19.5 Å². The molecule has 8 nitrogen and oxygen atoms in total. The standard InChI is InChI=1S/C27H48N4O4S/c1-3-21(29-20(2)32)23(33)15-11-9-7-5-4-6-8-10-14-18-28-25(34)17-13-12-16-24-26-22(19-36-24)30-27(35)31-26/h11,15,21-24,26,33H,3-10,12-14,16-19H2,1-2H3,(H,28,34)(H,29,32)(H2,30,31,35)/t21-,22?,23+,24?,26?/m0/s1. The molecule has 2 rings (SSSR count). The van der Waals surface area contributed by atoms with Gasteiger partial charge in [0, 0.05) is 30.9 Å². The van der Waals surface area contributed by atoms with Crippen molar-refractivity contribution in [2.75, 3.05) is 12.3 Å². The topological polar surface area (TPSA) is 120 Å². The number of allylic oxidation sites excluding steroid dienone is 1. The number of aliphatic hydroxyl groups is 1. The summed E-state index contributed by atoms with van der Waals surface area (Å²) in [5, 5.41) is 22.4. The zero-order chi connectivity index (χ0) is 26.2. The van der Waals surface area contributed by atoms with Crippen molar-refractivity contribution in [3.63, 3.8) is 0 Å². The molecule has 2 saturated heterocycles. The molecule has 0 radical (unpaired) electrons. The van der Waals surface area contributed by atoms with Crippen LogP contribution in [0.1, 0.15) is 97.3 Å². The Morgan fingerprint density at radius 1 is 1.08 bits per heavy atom. The molecule has 5 atom stereocenters. The molecule has 0 aromatic rings. The summed E-state index contributed by atoms with van der Waals surface area (Å²) in [7, 11) is 0. The number of urea groups is 1. The number of rotatable bonds is 19. The average Bonchev–Trinajstić information content (AvgIpc) is 3.39. The largest absolute Gasteiger partial charge is 0.387 e. The molecule has 3 unspecified atom stereocenters. The first-order valence-electron chi connectivity index (χ1n) is 14.0. The normalized spacial score (nSPS) is 22.6. The van der Waals surface area contributed by atoms with Gasteiger partial charge in [-0.3, -0.25) is 9.59 Å². The quantitative estimate of drug-likeness (QED) is 0.100. The van der Waals surface area contributed by atoms with Crippen molar-refractivity contribution >= 4 is 29.6 Å². The van der Waals surface area contributed by atoms with Crippen molar-refractivity contribution in [2.45, 2.75) is 127 Å². The Balaban J connectivity index is 1.34. The zero-order valence-electron chi connectivity index (χ0n) is 22.2. The van der Waals surface area contributed by atoms with Crippen LogP contribution in [0.25, 0.3) is 0 Å². The summed E-state index contributed by atoms with van der Waals surface area (Å²) in [6.07, 6.45) is 16.5. The Morgan fingerprint density at radius 2 is 1.81 bits per heavy atom. The van der Waals surface area contributed by atoms with Crippen LogP contribution < -0.4 is 21.3 Å². The second-order valence-electron chi connectivity index (χ2n) is 10.1. The highest BCUT2D eigenvalue weighted by Crippen LogP contribution is 2.33. The number of thioether (sulfide) groups is 1. The molecule has 2 aliphatic heterocycles. The second-order valence-corrected chi connectivity index (χ2v) is 11.4. The Labute approximate surface area is 221 Å². The number of fused-ring (bicyclic) bond motifs is 1. The molecular formula is C27H48N4O4S. The first-order chi connectivity index (χ1) is 17.4. The van der Waals surface area contributed by atoms with E-state index in [2.05, 4.69) is 21.3 Å². The summed E-state index contributed by atoms with van der Waals surface area (Å²) in [5.74, 6) is 1.03. The lowest BCUT2D eigenvalue weighted by Gasteiger charge is -2.19. The van der Waals surface area contributed by atoms with Crippen molar-refractivity contribution < 1.29 is 19.5 Å². The third-order valence-corrected chi connectivity index (χ3v) is 8.53. The van der Waals surface area contributed by atoms with Crippen LogP contribution in [0.3, 0.4) is 0 Å². The maximum atomic E-state index is 12.0. The minimum absolute atomic E-state index is 0.0403. The van der Waals surface area contributed by atoms with Crippen LogP contribution in [-0.4, -0.2) is 64.7 Å². The fourth-order valence-corrected chi connectivity index (χ4v) is 6.46. The number of hydrogen-bond acceptors (Lipinski definition) is 5. The number of carbonyl (C=O) groups is 3. The molecule has 36 heavy (non-hydrogen) atoms. The van der Waals surface area contributed by atoms with E-state index >= 15 is 0 Å². The molecule has 206 valence electrons. The van der Waals surface area contributed by atoms with Crippen LogP contribution in [-0.2, 0) is 9.59 Å². The summed E-state index contributed by atoms with van der Waals surface area (Å²) in [6, 6.07) is 0.271. The molecule has 0 bridgehead atoms. The highest BCUT2D eigenvalue weighted by Gasteiger charge is 2.42. The van der Waals surface area contributed by atoms with Crippen LogP contribution in [0.5, 0.6) is 0 Å². The van der Waals surface area contributed by atoms with E-state index in [4.69, 9.17) is 0 Å². The van der Waals surface area contributed by atoms with Gasteiger partial charge in [0.1, 0.15) is 0 Å². The molecule has 0 saturated carbocycles. The van der Waals surface area contributed by atoms with Gasteiger partial charge in [0.25, 0.3) is 0 Å². The molecule has 2 fully saturated rings. The lowest BCUT2D eigenvalue weighted by molar-refractivity contribution is -0.121. The molecular weight excluding hydrogens is 476 g/mol. The van der Waals surface area contributed by atoms with Gasteiger partial charge in [-0.1, -0.05) is 57.6 Å². The Kier molecular flexibility index (Phi) is 15.0. The van der Waals surface area contributed by atoms with Gasteiger partial charge in [0.05, 0.1) is 24.2 Å². The van der Waals surface area contributed by atoms with Gasteiger partial charge < -0.3 is 26.4 Å². The van der Waals surface area contributed by atoms with E-state index in [0.29, 0.717) is 18.1 Å². The van der Waals surface area contributed by atoms with Crippen LogP contribution >= 0.6 is 11.8 Å². The number of carbonyl (C=O) groups excluding carboxylic acids is 3. The summed E-state index contributed by atoms with van der Waals surface area (Å²) in [4.78, 5) is 34.6. The zero-order valence-corrected chi connectivity index (χ0v) is 23.0. The van der Waals surface area contributed by atoms with Crippen molar-refractivity contribution in [1.82, 2.24) is 21.3 Å². The van der Waals surface area contributed by atoms with Gasteiger partial charge in [0.2, 0.25) is 11.8 Å². The third kappa shape index (κ3) is 12.0. The van der Waals surface area contributed by atoms with Crippen LogP contribution in [0.15, 0.2) is 12.2 Å². The van der Waals surface area contributed by atoms with E-state index in [1.807, 2.05) is 24.8 Å². The Bertz CT molecular complexity index is 705. The van der Waals surface area contributed by atoms with Crippen molar-refractivity contribution in [3.05, 3.63) is 12.2 Å². The minimum atomic E-state index is -0.626. The Morgan fingerprint density at radius 3 is 2.53 bits per heavy atom. The SMILES string of the molecule is CC[C@H](NC(C)=O)[C@H](O)C=CCCCCCCCCCNC(=O)CCCCC1SCC2NC(=O)NC21. The van der Waals surface area contributed by atoms with Crippen LogP contribution in [0.2, 0.25) is 0 Å². The highest BCUT2D eigenvalue weighted by atomic mass is 32.2. The molecule has 9 heteroatoms. The van der Waals surface area contributed by atoms with Gasteiger partial charge >= 0.3 is 6.03 Å². The van der Waals surface area contributed by atoms with E-state index in [-0.39, 0.29) is 36.0 Å². The van der Waals surface area contributed by atoms with Crippen LogP contribution in [0, 0.1) is 0 Å². The number of nitrogens with one attached hydrogen (secondary N) is 4. The highest BCUT2D eigenvalue weighted by molar-refractivity contribution is 8.00. The van der Waals surface area contributed by atoms with Crippen molar-refractivity contribution in [2.24, 2.45) is 0 Å². The summed E-state index contributed by atoms with van der Waals surface area (Å²) in [5.41, 5.74) is 0. The first-order valence-corrected chi connectivity index (χ1v) is 15.0. The lowest BCUT2D eigenvalue weighted by atomic mass is 10.0. The average molecular weight is 525 g/mol. The summed E-state index contributed by atoms with van der Waals surface area (Å²) >= 11 is 1.93. The predicted molar refractivity (Wildman–Crippen MR) is 147 cm³/mol. The fraction of sp³-hybridized carbons (Fsp3) is 0.815. The molecule has 2 heterocycles. The summed E-state index contributed by atoms with van der Waals surface area (Å²) < 4.78 is 0. The monoisotopic (exact) mass is 524 g/mol. The predicted octanol–water partition coefficient (Wildman–Crippen LogP) is 3.78. The van der Waals surface area contributed by atoms with E-state index in [1.54, 1.807) is 6.08 Å². The van der Waals surface area contributed by atoms with Gasteiger partial charge in [-0.25, -0.2) is 4.79 Å². The van der Waals surface area contributed by atoms with E-state index in [1.165, 1.54) is 32.6 Å². The molecule has 0 spiro atoms. The van der Waals surface area contributed by atoms with Crippen molar-refractivity contribution in [3.8, 4) is 0 Å². The molecule has 0 aromatic heterocycles. The van der Waals surface area contributed by atoms with Gasteiger partial charge in [-0.05, 0) is 38.5 Å². The number of hydrogen-bond donors (Lipinski definition) is 5. The van der Waals surface area contributed by atoms with E-state index in [0.717, 1.165) is 57.2 Å². The number of aliphatic hydroxyl groups excluding tert-OH is 1. The molecule has 0 aliphatic carbocycles. The summed E-state index contributed by atoms with van der Waals surface area (Å²) in [6.45, 7) is 4.19. The van der Waals surface area contributed by atoms with Gasteiger partial charge in [-0.2, -0.15) is 11.8 Å². The second kappa shape index (κ2) is 17.7. The molecule has 0 aromatic carbocycles. The lowest BCUT2D eigenvalue weighted by Crippen LogP contribution is -2.40. The maximum Gasteiger partial charge on any atom is 0.315 e. The third-order valence-electron chi connectivity index (χ3n) is 7.02. The van der Waals surface area contributed by atoms with Gasteiger partial charge in [-0.15, -0.1) is 0 Å². The van der Waals surface area contributed by atoms with Crippen molar-refractivity contribution in [1.29, 1.82) is 0 Å². The number of amides is 4. The minimum Gasteiger partial charge on any atom is -0.387 e. The maximum absolute atomic E-state index is 12.0. The van der Waals surface area contributed by atoms with Gasteiger partial charge in [0.15, 0.2) is 0 Å². The van der Waals surface area contributed by atoms with E-state index < -0.39 is 6.10 Å². The smallest absolute Gasteiger partial charge is 0.315 e. The fourth-order valence-electron chi connectivity index (χ4n) is 4.92. The first kappa shape index (κ1) is 30.5. The number of unbranched alkanes of at least 4 members (excludes halogenated alkanes) is 8. The molecule has 2 aliphatic rings. The Hall–Kier alpha value is -1.74.